The van der Waals surface area contributed by atoms with E-state index < -0.39 is 9.84 Å². The second kappa shape index (κ2) is 9.89. The number of amides is 1. The molecule has 6 nitrogen and oxygen atoms in total. The molecule has 0 aliphatic rings. The summed E-state index contributed by atoms with van der Waals surface area (Å²) in [4.78, 5) is 19.5. The van der Waals surface area contributed by atoms with Gasteiger partial charge in [0.05, 0.1) is 34.5 Å². The van der Waals surface area contributed by atoms with Crippen molar-refractivity contribution in [3.05, 3.63) is 83.3 Å². The number of hydrogen-bond donors (Lipinski definition) is 0. The molecule has 2 heterocycles. The van der Waals surface area contributed by atoms with Crippen LogP contribution in [0.1, 0.15) is 35.3 Å². The van der Waals surface area contributed by atoms with E-state index in [1.54, 1.807) is 29.4 Å². The number of thiazole rings is 1. The summed E-state index contributed by atoms with van der Waals surface area (Å²) in [6.07, 6.45) is 1.94. The molecule has 0 fully saturated rings. The SMILES string of the molecule is Cc1cc2nc(N(Cc3ccco3)C(=O)CCCS(=O)(=O)Cc3ccccc3)sc2cc1C. The lowest BCUT2D eigenvalue weighted by Gasteiger charge is -2.18. The van der Waals surface area contributed by atoms with Crippen LogP contribution in [0.3, 0.4) is 0 Å². The summed E-state index contributed by atoms with van der Waals surface area (Å²) < 4.78 is 31.5. The molecule has 0 unspecified atom stereocenters. The highest BCUT2D eigenvalue weighted by atomic mass is 32.2. The summed E-state index contributed by atoms with van der Waals surface area (Å²) >= 11 is 1.45. The Bertz CT molecular complexity index is 1310. The average molecular weight is 483 g/mol. The summed E-state index contributed by atoms with van der Waals surface area (Å²) in [6.45, 7) is 4.34. The van der Waals surface area contributed by atoms with Crippen molar-refractivity contribution in [3.8, 4) is 0 Å². The van der Waals surface area contributed by atoms with Gasteiger partial charge < -0.3 is 4.42 Å². The summed E-state index contributed by atoms with van der Waals surface area (Å²) in [7, 11) is -3.30. The number of benzene rings is 2. The van der Waals surface area contributed by atoms with E-state index in [9.17, 15) is 13.2 Å². The molecule has 0 saturated carbocycles. The van der Waals surface area contributed by atoms with Crippen LogP contribution in [0, 0.1) is 13.8 Å². The van der Waals surface area contributed by atoms with Crippen LogP contribution < -0.4 is 4.90 Å². The number of fused-ring (bicyclic) bond motifs is 1. The maximum atomic E-state index is 13.2. The van der Waals surface area contributed by atoms with Crippen molar-refractivity contribution in [1.29, 1.82) is 0 Å². The number of aromatic nitrogens is 1. The van der Waals surface area contributed by atoms with Crippen LogP contribution in [-0.4, -0.2) is 25.1 Å². The normalized spacial score (nSPS) is 11.7. The monoisotopic (exact) mass is 482 g/mol. The van der Waals surface area contributed by atoms with Crippen molar-refractivity contribution < 1.29 is 17.6 Å². The lowest BCUT2D eigenvalue weighted by molar-refractivity contribution is -0.118. The minimum absolute atomic E-state index is 0.0191. The third-order valence-electron chi connectivity index (χ3n) is 5.49. The molecule has 0 atom stereocenters. The van der Waals surface area contributed by atoms with Crippen LogP contribution in [0.25, 0.3) is 10.2 Å². The molecular weight excluding hydrogens is 456 g/mol. The third kappa shape index (κ3) is 5.89. The van der Waals surface area contributed by atoms with Crippen LogP contribution in [-0.2, 0) is 26.9 Å². The van der Waals surface area contributed by atoms with Gasteiger partial charge in [0.1, 0.15) is 5.76 Å². The van der Waals surface area contributed by atoms with Gasteiger partial charge >= 0.3 is 0 Å². The molecule has 0 aliphatic heterocycles. The van der Waals surface area contributed by atoms with Crippen molar-refractivity contribution >= 4 is 42.4 Å². The second-order valence-corrected chi connectivity index (χ2v) is 11.3. The van der Waals surface area contributed by atoms with Gasteiger partial charge in [-0.05, 0) is 61.2 Å². The minimum atomic E-state index is -3.30. The Morgan fingerprint density at radius 1 is 1.06 bits per heavy atom. The number of sulfone groups is 1. The van der Waals surface area contributed by atoms with Crippen LogP contribution in [0.4, 0.5) is 5.13 Å². The van der Waals surface area contributed by atoms with E-state index in [0.29, 0.717) is 10.9 Å². The van der Waals surface area contributed by atoms with E-state index in [1.165, 1.54) is 16.9 Å². The number of anilines is 1. The van der Waals surface area contributed by atoms with Gasteiger partial charge in [0.2, 0.25) is 5.91 Å². The smallest absolute Gasteiger partial charge is 0.229 e. The Hall–Kier alpha value is -2.97. The van der Waals surface area contributed by atoms with Gasteiger partial charge in [-0.3, -0.25) is 9.69 Å². The van der Waals surface area contributed by atoms with E-state index >= 15 is 0 Å². The molecule has 2 aromatic carbocycles. The minimum Gasteiger partial charge on any atom is -0.467 e. The fourth-order valence-corrected chi connectivity index (χ4v) is 6.07. The summed E-state index contributed by atoms with van der Waals surface area (Å²) in [5.74, 6) is 0.412. The molecule has 8 heteroatoms. The number of carbonyl (C=O) groups excluding carboxylic acids is 1. The molecule has 4 rings (SSSR count). The first kappa shape index (κ1) is 23.2. The molecule has 4 aromatic rings. The number of carbonyl (C=O) groups is 1. The number of rotatable bonds is 9. The van der Waals surface area contributed by atoms with Gasteiger partial charge in [-0.15, -0.1) is 0 Å². The molecule has 0 saturated heterocycles. The van der Waals surface area contributed by atoms with E-state index in [4.69, 9.17) is 9.40 Å². The number of nitrogens with zero attached hydrogens (tertiary/aromatic N) is 2. The number of aryl methyl sites for hydroxylation is 2. The lowest BCUT2D eigenvalue weighted by Crippen LogP contribution is -2.30. The molecule has 0 bridgehead atoms. The first-order chi connectivity index (χ1) is 15.8. The van der Waals surface area contributed by atoms with Crippen LogP contribution in [0.15, 0.2) is 65.3 Å². The Labute approximate surface area is 197 Å². The molecule has 1 amide bonds. The molecule has 0 aliphatic carbocycles. The van der Waals surface area contributed by atoms with Gasteiger partial charge in [0.25, 0.3) is 0 Å². The Balaban J connectivity index is 1.48. The van der Waals surface area contributed by atoms with E-state index in [0.717, 1.165) is 21.3 Å². The van der Waals surface area contributed by atoms with Crippen LogP contribution >= 0.6 is 11.3 Å². The van der Waals surface area contributed by atoms with E-state index in [1.807, 2.05) is 37.3 Å². The largest absolute Gasteiger partial charge is 0.467 e. The molecular formula is C25H26N2O4S2. The van der Waals surface area contributed by atoms with Gasteiger partial charge in [0, 0.05) is 6.42 Å². The fourth-order valence-electron chi connectivity index (χ4n) is 3.58. The average Bonchev–Trinajstić information content (AvgIpc) is 3.42. The maximum absolute atomic E-state index is 13.2. The highest BCUT2D eigenvalue weighted by molar-refractivity contribution is 7.90. The highest BCUT2D eigenvalue weighted by Gasteiger charge is 2.22. The molecule has 0 radical (unpaired) electrons. The topological polar surface area (TPSA) is 80.5 Å². The number of hydrogen-bond acceptors (Lipinski definition) is 6. The zero-order chi connectivity index (χ0) is 23.4. The summed E-state index contributed by atoms with van der Waals surface area (Å²) in [6, 6.07) is 16.8. The molecule has 0 N–H and O–H groups in total. The summed E-state index contributed by atoms with van der Waals surface area (Å²) in [5, 5.41) is 0.587. The predicted molar refractivity (Wildman–Crippen MR) is 132 cm³/mol. The standard InChI is InChI=1S/C25H26N2O4S2/c1-18-14-22-23(15-19(18)2)32-25(26-22)27(16-21-10-6-12-31-21)24(28)11-7-13-33(29,30)17-20-8-4-3-5-9-20/h3-6,8-10,12,14-15H,7,11,13,16-17H2,1-2H3. The molecule has 172 valence electrons. The maximum Gasteiger partial charge on any atom is 0.229 e. The lowest BCUT2D eigenvalue weighted by atomic mass is 10.1. The van der Waals surface area contributed by atoms with Gasteiger partial charge in [0.15, 0.2) is 15.0 Å². The number of furan rings is 1. The highest BCUT2D eigenvalue weighted by Crippen LogP contribution is 2.32. The van der Waals surface area contributed by atoms with Crippen LogP contribution in [0.2, 0.25) is 0 Å². The van der Waals surface area contributed by atoms with Crippen LogP contribution in [0.5, 0.6) is 0 Å². The first-order valence-electron chi connectivity index (χ1n) is 10.8. The zero-order valence-electron chi connectivity index (χ0n) is 18.7. The van der Waals surface area contributed by atoms with E-state index in [2.05, 4.69) is 13.0 Å². The Morgan fingerprint density at radius 2 is 1.82 bits per heavy atom. The van der Waals surface area contributed by atoms with Crippen molar-refractivity contribution in [2.75, 3.05) is 10.7 Å². The van der Waals surface area contributed by atoms with Gasteiger partial charge in [-0.1, -0.05) is 41.7 Å². The van der Waals surface area contributed by atoms with Crippen molar-refractivity contribution in [1.82, 2.24) is 4.98 Å². The summed E-state index contributed by atoms with van der Waals surface area (Å²) in [5.41, 5.74) is 3.92. The van der Waals surface area contributed by atoms with Crippen molar-refractivity contribution in [2.24, 2.45) is 0 Å². The predicted octanol–water partition coefficient (Wildman–Crippen LogP) is 5.43. The van der Waals surface area contributed by atoms with Crippen molar-refractivity contribution in [3.63, 3.8) is 0 Å². The first-order valence-corrected chi connectivity index (χ1v) is 13.4. The Kier molecular flexibility index (Phi) is 6.95. The zero-order valence-corrected chi connectivity index (χ0v) is 20.3. The van der Waals surface area contributed by atoms with Crippen molar-refractivity contribution in [2.45, 2.75) is 39.0 Å². The molecule has 2 aromatic heterocycles. The molecule has 0 spiro atoms. The van der Waals surface area contributed by atoms with Gasteiger partial charge in [-0.2, -0.15) is 0 Å². The van der Waals surface area contributed by atoms with Gasteiger partial charge in [-0.25, -0.2) is 13.4 Å². The fraction of sp³-hybridized carbons (Fsp3) is 0.280. The second-order valence-electron chi connectivity index (χ2n) is 8.14. The third-order valence-corrected chi connectivity index (χ3v) is 8.22. The van der Waals surface area contributed by atoms with E-state index in [-0.39, 0.29) is 36.8 Å². The Morgan fingerprint density at radius 3 is 2.55 bits per heavy atom. The molecule has 33 heavy (non-hydrogen) atoms. The quantitative estimate of drug-likeness (QED) is 0.318.